The molecule has 0 radical (unpaired) electrons. The molecule has 150 valence electrons. The molecule has 0 aliphatic rings. The number of guanidine groups is 1. The molecule has 0 bridgehead atoms. The average Bonchev–Trinajstić information content (AvgIpc) is 3.09. The number of hydrogen-bond donors (Lipinski definition) is 2. The van der Waals surface area contributed by atoms with Gasteiger partial charge >= 0.3 is 0 Å². The highest BCUT2D eigenvalue weighted by Crippen LogP contribution is 2.20. The number of benzene rings is 1. The Balaban J connectivity index is 0.00000364. The van der Waals surface area contributed by atoms with E-state index in [-0.39, 0.29) is 29.9 Å². The van der Waals surface area contributed by atoms with Crippen molar-refractivity contribution in [3.05, 3.63) is 41.0 Å². The number of aryl methyl sites for hydroxylation is 1. The van der Waals surface area contributed by atoms with E-state index in [4.69, 9.17) is 9.26 Å². The third-order valence-corrected chi connectivity index (χ3v) is 3.83. The van der Waals surface area contributed by atoms with Crippen LogP contribution in [0, 0.1) is 6.92 Å². The standard InChI is InChI=1S/C19H29N5O2.HI/c1-6-20-19(21-10-9-17-23-18(13(2)3)24-26-17)22-12-15-8-7-14(4)11-16(15)25-5;/h7-8,11,13H,6,9-10,12H2,1-5H3,(H2,20,21,22);1H. The minimum absolute atomic E-state index is 0. The van der Waals surface area contributed by atoms with Gasteiger partial charge in [-0.3, -0.25) is 0 Å². The highest BCUT2D eigenvalue weighted by Gasteiger charge is 2.09. The summed E-state index contributed by atoms with van der Waals surface area (Å²) in [4.78, 5) is 9.02. The molecule has 0 saturated carbocycles. The van der Waals surface area contributed by atoms with Crippen molar-refractivity contribution in [3.63, 3.8) is 0 Å². The van der Waals surface area contributed by atoms with Crippen LogP contribution in [0.15, 0.2) is 27.7 Å². The van der Waals surface area contributed by atoms with Gasteiger partial charge in [0.15, 0.2) is 11.8 Å². The minimum atomic E-state index is 0. The van der Waals surface area contributed by atoms with Crippen LogP contribution < -0.4 is 15.4 Å². The van der Waals surface area contributed by atoms with Gasteiger partial charge in [-0.05, 0) is 25.5 Å². The Bertz CT molecular complexity index is 731. The molecule has 0 saturated heterocycles. The van der Waals surface area contributed by atoms with Gasteiger partial charge in [-0.2, -0.15) is 4.98 Å². The zero-order chi connectivity index (χ0) is 18.9. The molecular formula is C19H30IN5O2. The van der Waals surface area contributed by atoms with Crippen LogP contribution in [0.25, 0.3) is 0 Å². The van der Waals surface area contributed by atoms with Gasteiger partial charge in [-0.1, -0.05) is 31.1 Å². The lowest BCUT2D eigenvalue weighted by atomic mass is 10.1. The van der Waals surface area contributed by atoms with Crippen molar-refractivity contribution in [1.29, 1.82) is 0 Å². The summed E-state index contributed by atoms with van der Waals surface area (Å²) in [5.41, 5.74) is 2.22. The molecule has 2 aromatic rings. The fourth-order valence-electron chi connectivity index (χ4n) is 2.38. The average molecular weight is 487 g/mol. The van der Waals surface area contributed by atoms with Gasteiger partial charge in [0.05, 0.1) is 13.7 Å². The first-order chi connectivity index (χ1) is 12.5. The lowest BCUT2D eigenvalue weighted by Crippen LogP contribution is -2.38. The number of halogens is 1. The Labute approximate surface area is 178 Å². The highest BCUT2D eigenvalue weighted by atomic mass is 127. The van der Waals surface area contributed by atoms with Gasteiger partial charge < -0.3 is 19.9 Å². The molecule has 0 fully saturated rings. The van der Waals surface area contributed by atoms with Crippen molar-refractivity contribution in [1.82, 2.24) is 20.8 Å². The van der Waals surface area contributed by atoms with Gasteiger partial charge in [0.25, 0.3) is 0 Å². The van der Waals surface area contributed by atoms with Crippen molar-refractivity contribution < 1.29 is 9.26 Å². The maximum Gasteiger partial charge on any atom is 0.228 e. The molecule has 0 aliphatic carbocycles. The lowest BCUT2D eigenvalue weighted by Gasteiger charge is -2.12. The molecule has 1 aromatic heterocycles. The molecule has 0 spiro atoms. The van der Waals surface area contributed by atoms with E-state index in [1.54, 1.807) is 7.11 Å². The molecule has 7 nitrogen and oxygen atoms in total. The van der Waals surface area contributed by atoms with E-state index in [9.17, 15) is 0 Å². The van der Waals surface area contributed by atoms with Crippen molar-refractivity contribution in [2.24, 2.45) is 4.99 Å². The molecule has 1 aromatic carbocycles. The second-order valence-corrected chi connectivity index (χ2v) is 6.39. The first-order valence-corrected chi connectivity index (χ1v) is 9.01. The molecular weight excluding hydrogens is 457 g/mol. The summed E-state index contributed by atoms with van der Waals surface area (Å²) < 4.78 is 10.7. The molecule has 0 amide bonds. The second-order valence-electron chi connectivity index (χ2n) is 6.39. The van der Waals surface area contributed by atoms with E-state index in [1.807, 2.05) is 39.8 Å². The van der Waals surface area contributed by atoms with E-state index in [0.717, 1.165) is 29.6 Å². The number of nitrogens with zero attached hydrogens (tertiary/aromatic N) is 3. The van der Waals surface area contributed by atoms with Crippen molar-refractivity contribution in [3.8, 4) is 5.75 Å². The first kappa shape index (κ1) is 23.2. The fraction of sp³-hybridized carbons (Fsp3) is 0.526. The molecule has 0 unspecified atom stereocenters. The monoisotopic (exact) mass is 487 g/mol. The number of nitrogens with one attached hydrogen (secondary N) is 2. The van der Waals surface area contributed by atoms with E-state index in [0.29, 0.717) is 25.4 Å². The fourth-order valence-corrected chi connectivity index (χ4v) is 2.38. The van der Waals surface area contributed by atoms with Crippen molar-refractivity contribution >= 4 is 29.9 Å². The van der Waals surface area contributed by atoms with Crippen LogP contribution in [0.5, 0.6) is 5.75 Å². The Morgan fingerprint density at radius 2 is 2.07 bits per heavy atom. The third-order valence-electron chi connectivity index (χ3n) is 3.83. The van der Waals surface area contributed by atoms with Crippen LogP contribution in [0.1, 0.15) is 49.5 Å². The summed E-state index contributed by atoms with van der Waals surface area (Å²) in [6, 6.07) is 6.13. The van der Waals surface area contributed by atoms with Crippen molar-refractivity contribution in [2.75, 3.05) is 20.2 Å². The number of methoxy groups -OCH3 is 1. The maximum atomic E-state index is 5.44. The Kier molecular flexibility index (Phi) is 10.1. The topological polar surface area (TPSA) is 84.6 Å². The van der Waals surface area contributed by atoms with Crippen LogP contribution in [0.3, 0.4) is 0 Å². The molecule has 0 aliphatic heterocycles. The first-order valence-electron chi connectivity index (χ1n) is 9.01. The predicted molar refractivity (Wildman–Crippen MR) is 118 cm³/mol. The van der Waals surface area contributed by atoms with E-state index >= 15 is 0 Å². The SMILES string of the molecule is CCNC(=NCc1ccc(C)cc1OC)NCCc1nc(C(C)C)no1.I. The molecule has 0 atom stereocenters. The van der Waals surface area contributed by atoms with E-state index in [2.05, 4.69) is 31.8 Å². The number of ether oxygens (including phenoxy) is 1. The van der Waals surface area contributed by atoms with Crippen LogP contribution in [-0.2, 0) is 13.0 Å². The summed E-state index contributed by atoms with van der Waals surface area (Å²) in [5, 5.41) is 10.5. The number of hydrogen-bond acceptors (Lipinski definition) is 5. The van der Waals surface area contributed by atoms with E-state index < -0.39 is 0 Å². The Morgan fingerprint density at radius 1 is 1.30 bits per heavy atom. The number of aromatic nitrogens is 2. The van der Waals surface area contributed by atoms with Crippen LogP contribution in [0.2, 0.25) is 0 Å². The second kappa shape index (κ2) is 11.8. The normalized spacial score (nSPS) is 11.3. The Morgan fingerprint density at radius 3 is 2.70 bits per heavy atom. The maximum absolute atomic E-state index is 5.44. The number of aliphatic imine (C=N–C) groups is 1. The predicted octanol–water partition coefficient (Wildman–Crippen LogP) is 3.43. The number of rotatable bonds is 8. The van der Waals surface area contributed by atoms with Gasteiger partial charge in [0.1, 0.15) is 5.75 Å². The molecule has 1 heterocycles. The Hall–Kier alpha value is -1.84. The molecule has 2 N–H and O–H groups in total. The zero-order valence-electron chi connectivity index (χ0n) is 16.7. The van der Waals surface area contributed by atoms with Crippen molar-refractivity contribution in [2.45, 2.75) is 46.6 Å². The van der Waals surface area contributed by atoms with Gasteiger partial charge in [0.2, 0.25) is 5.89 Å². The summed E-state index contributed by atoms with van der Waals surface area (Å²) in [6.07, 6.45) is 0.651. The van der Waals surface area contributed by atoms with Gasteiger partial charge in [-0.15, -0.1) is 24.0 Å². The third kappa shape index (κ3) is 7.36. The largest absolute Gasteiger partial charge is 0.496 e. The van der Waals surface area contributed by atoms with Crippen LogP contribution in [0.4, 0.5) is 0 Å². The summed E-state index contributed by atoms with van der Waals surface area (Å²) in [7, 11) is 1.68. The van der Waals surface area contributed by atoms with Crippen LogP contribution in [-0.4, -0.2) is 36.3 Å². The highest BCUT2D eigenvalue weighted by molar-refractivity contribution is 14.0. The molecule has 27 heavy (non-hydrogen) atoms. The summed E-state index contributed by atoms with van der Waals surface area (Å²) in [6.45, 7) is 10.2. The smallest absolute Gasteiger partial charge is 0.228 e. The van der Waals surface area contributed by atoms with Gasteiger partial charge in [0, 0.05) is 31.0 Å². The van der Waals surface area contributed by atoms with Crippen LogP contribution >= 0.6 is 24.0 Å². The zero-order valence-corrected chi connectivity index (χ0v) is 19.0. The molecule has 8 heteroatoms. The van der Waals surface area contributed by atoms with E-state index in [1.165, 1.54) is 5.56 Å². The quantitative estimate of drug-likeness (QED) is 0.337. The van der Waals surface area contributed by atoms with Gasteiger partial charge in [-0.25, -0.2) is 4.99 Å². The summed E-state index contributed by atoms with van der Waals surface area (Å²) in [5.74, 6) is 3.25. The lowest BCUT2D eigenvalue weighted by molar-refractivity contribution is 0.371. The summed E-state index contributed by atoms with van der Waals surface area (Å²) >= 11 is 0. The minimum Gasteiger partial charge on any atom is -0.496 e. The molecule has 2 rings (SSSR count).